The van der Waals surface area contributed by atoms with Crippen LogP contribution in [0.2, 0.25) is 0 Å². The molecule has 4 heteroatoms. The van der Waals surface area contributed by atoms with Crippen molar-refractivity contribution in [3.63, 3.8) is 0 Å². The normalized spacial score (nSPS) is 10.9. The van der Waals surface area contributed by atoms with E-state index >= 15 is 0 Å². The van der Waals surface area contributed by atoms with Crippen LogP contribution in [0.3, 0.4) is 0 Å². The second kappa shape index (κ2) is 13.8. The SMILES string of the molecule is CC(C)CP(CC(C)C)c1cc2ccccc2[cH-]1.Cc1cc2ccccc2[cH-]1.[Cl][Ti][Cl]. The summed E-state index contributed by atoms with van der Waals surface area (Å²) in [5, 5.41) is 7.12. The molecule has 0 radical (unpaired) electrons. The van der Waals surface area contributed by atoms with Gasteiger partial charge in [-0.05, 0) is 24.2 Å². The van der Waals surface area contributed by atoms with Gasteiger partial charge in [0.15, 0.2) is 0 Å². The maximum atomic E-state index is 4.89. The molecule has 4 aromatic rings. The van der Waals surface area contributed by atoms with Crippen molar-refractivity contribution in [2.24, 2.45) is 11.8 Å². The first-order valence-corrected chi connectivity index (χ1v) is 16.8. The number of hydrogen-bond donors (Lipinski definition) is 0. The van der Waals surface area contributed by atoms with Crippen molar-refractivity contribution < 1.29 is 17.0 Å². The zero-order chi connectivity index (χ0) is 22.8. The summed E-state index contributed by atoms with van der Waals surface area (Å²) in [6.45, 7) is 11.5. The molecule has 0 saturated carbocycles. The van der Waals surface area contributed by atoms with Crippen molar-refractivity contribution in [3.05, 3.63) is 78.4 Å². The molecule has 0 aliphatic carbocycles. The number of fused-ring (bicyclic) bond motifs is 2. The average Bonchev–Trinajstić information content (AvgIpc) is 3.30. The molecule has 4 aromatic carbocycles. The predicted octanol–water partition coefficient (Wildman–Crippen LogP) is 9.22. The van der Waals surface area contributed by atoms with Crippen molar-refractivity contribution in [2.75, 3.05) is 12.3 Å². The standard InChI is InChI=1S/C17H24P.C10H9.2ClH.Ti/c1-13(2)11-18(12-14(3)4)17-9-15-7-5-6-8-16(15)10-17;1-8-6-9-4-2-3-5-10(9)7-8;;;/h5-10,13-14H,11-12H2,1-4H3;2-7H,1H3;2*1H;/q2*-1;;;+2/p-2. The van der Waals surface area contributed by atoms with Gasteiger partial charge in [-0.25, -0.2) is 0 Å². The molecule has 0 N–H and O–H groups in total. The molecular weight excluding hydrogens is 474 g/mol. The van der Waals surface area contributed by atoms with Crippen LogP contribution < -0.4 is 5.30 Å². The van der Waals surface area contributed by atoms with Crippen molar-refractivity contribution in [1.29, 1.82) is 0 Å². The van der Waals surface area contributed by atoms with Crippen LogP contribution in [-0.4, -0.2) is 12.3 Å². The Balaban J connectivity index is 0.000000219. The summed E-state index contributed by atoms with van der Waals surface area (Å²) in [6.07, 6.45) is 2.73. The fraction of sp³-hybridized carbons (Fsp3) is 0.333. The second-order valence-corrected chi connectivity index (χ2v) is 13.7. The fourth-order valence-corrected chi connectivity index (χ4v) is 6.77. The molecule has 0 saturated heterocycles. The van der Waals surface area contributed by atoms with Gasteiger partial charge >= 0.3 is 35.6 Å². The first kappa shape index (κ1) is 26.6. The Bertz CT molecular complexity index is 956. The summed E-state index contributed by atoms with van der Waals surface area (Å²) in [7, 11) is 9.80. The molecule has 0 nitrogen and oxygen atoms in total. The van der Waals surface area contributed by atoms with Crippen LogP contribution in [0.4, 0.5) is 0 Å². The van der Waals surface area contributed by atoms with E-state index in [1.54, 1.807) is 5.30 Å². The van der Waals surface area contributed by atoms with Crippen molar-refractivity contribution in [2.45, 2.75) is 34.6 Å². The molecule has 0 spiro atoms. The fourth-order valence-electron chi connectivity index (χ4n) is 3.79. The van der Waals surface area contributed by atoms with E-state index in [9.17, 15) is 0 Å². The molecule has 166 valence electrons. The van der Waals surface area contributed by atoms with Gasteiger partial charge in [-0.1, -0.05) is 54.7 Å². The molecule has 0 aliphatic rings. The zero-order valence-electron chi connectivity index (χ0n) is 19.2. The van der Waals surface area contributed by atoms with E-state index in [-0.39, 0.29) is 7.92 Å². The van der Waals surface area contributed by atoms with Crippen LogP contribution in [-0.2, 0) is 17.0 Å². The maximum absolute atomic E-state index is 4.89. The quantitative estimate of drug-likeness (QED) is 0.144. The van der Waals surface area contributed by atoms with Gasteiger partial charge in [-0.2, -0.15) is 12.1 Å². The molecule has 0 unspecified atom stereocenters. The Labute approximate surface area is 206 Å². The van der Waals surface area contributed by atoms with Gasteiger partial charge in [0.1, 0.15) is 0 Å². The van der Waals surface area contributed by atoms with Gasteiger partial charge in [0.2, 0.25) is 0 Å². The van der Waals surface area contributed by atoms with Gasteiger partial charge in [0.25, 0.3) is 0 Å². The zero-order valence-corrected chi connectivity index (χ0v) is 23.2. The number of hydrogen-bond acceptors (Lipinski definition) is 0. The molecule has 4 rings (SSSR count). The molecule has 0 bridgehead atoms. The van der Waals surface area contributed by atoms with E-state index in [1.807, 2.05) is 0 Å². The first-order valence-electron chi connectivity index (χ1n) is 10.8. The van der Waals surface area contributed by atoms with Gasteiger partial charge < -0.3 is 0 Å². The van der Waals surface area contributed by atoms with Crippen LogP contribution in [0.1, 0.15) is 33.3 Å². The minimum absolute atomic E-state index is 0.0185. The molecule has 31 heavy (non-hydrogen) atoms. The van der Waals surface area contributed by atoms with Crippen molar-refractivity contribution in [1.82, 2.24) is 0 Å². The van der Waals surface area contributed by atoms with E-state index in [2.05, 4.69) is 107 Å². The predicted molar refractivity (Wildman–Crippen MR) is 141 cm³/mol. The van der Waals surface area contributed by atoms with Crippen molar-refractivity contribution in [3.8, 4) is 0 Å². The van der Waals surface area contributed by atoms with Crippen LogP contribution in [0.25, 0.3) is 21.5 Å². The average molecular weight is 507 g/mol. The molecule has 0 atom stereocenters. The Morgan fingerprint density at radius 2 is 1.23 bits per heavy atom. The summed E-state index contributed by atoms with van der Waals surface area (Å²) in [4.78, 5) is 0. The summed E-state index contributed by atoms with van der Waals surface area (Å²) in [5.74, 6) is 1.60. The molecule has 0 aliphatic heterocycles. The summed E-state index contributed by atoms with van der Waals surface area (Å²) in [6, 6.07) is 26.4. The summed E-state index contributed by atoms with van der Waals surface area (Å²) < 4.78 is 0. The molecule has 0 fully saturated rings. The number of rotatable bonds is 5. The van der Waals surface area contributed by atoms with Crippen LogP contribution >= 0.6 is 26.5 Å². The van der Waals surface area contributed by atoms with Gasteiger partial charge in [0, 0.05) is 0 Å². The van der Waals surface area contributed by atoms with Crippen LogP contribution in [0, 0.1) is 18.8 Å². The van der Waals surface area contributed by atoms with Gasteiger partial charge in [-0.15, -0.1) is 80.9 Å². The molecular formula is C27H33Cl2PTi-2. The molecule has 0 aromatic heterocycles. The summed E-state index contributed by atoms with van der Waals surface area (Å²) >= 11 is -0.556. The Morgan fingerprint density at radius 1 is 0.774 bits per heavy atom. The summed E-state index contributed by atoms with van der Waals surface area (Å²) in [5.41, 5.74) is 1.35. The van der Waals surface area contributed by atoms with E-state index < -0.39 is 17.0 Å². The number of benzene rings is 2. The topological polar surface area (TPSA) is 0 Å². The van der Waals surface area contributed by atoms with E-state index in [0.717, 1.165) is 11.8 Å². The molecule has 0 heterocycles. The number of aryl methyl sites for hydroxylation is 1. The van der Waals surface area contributed by atoms with Crippen LogP contribution in [0.5, 0.6) is 0 Å². The Hall–Kier alpha value is -0.616. The third-order valence-corrected chi connectivity index (χ3v) is 8.23. The first-order chi connectivity index (χ1) is 14.8. The van der Waals surface area contributed by atoms with E-state index in [4.69, 9.17) is 18.6 Å². The van der Waals surface area contributed by atoms with E-state index in [0.29, 0.717) is 0 Å². The third kappa shape index (κ3) is 9.04. The monoisotopic (exact) mass is 506 g/mol. The Morgan fingerprint density at radius 3 is 1.68 bits per heavy atom. The van der Waals surface area contributed by atoms with E-state index in [1.165, 1.54) is 39.4 Å². The van der Waals surface area contributed by atoms with Gasteiger partial charge in [-0.3, -0.25) is 0 Å². The van der Waals surface area contributed by atoms with Crippen molar-refractivity contribution >= 4 is 53.4 Å². The third-order valence-electron chi connectivity index (χ3n) is 4.90. The number of halogens is 2. The van der Waals surface area contributed by atoms with Gasteiger partial charge in [0.05, 0.1) is 0 Å². The van der Waals surface area contributed by atoms with Crippen LogP contribution in [0.15, 0.2) is 72.8 Å². The molecule has 0 amide bonds. The minimum atomic E-state index is -0.556. The second-order valence-electron chi connectivity index (χ2n) is 8.77. The Kier molecular flexibility index (Phi) is 11.9.